The van der Waals surface area contributed by atoms with Crippen LogP contribution in [-0.2, 0) is 11.3 Å². The largest absolute Gasteiger partial charge is 0.333 e. The molecule has 1 aromatic heterocycles. The van der Waals surface area contributed by atoms with Gasteiger partial charge < -0.3 is 9.47 Å². The summed E-state index contributed by atoms with van der Waals surface area (Å²) in [7, 11) is 0. The van der Waals surface area contributed by atoms with Gasteiger partial charge in [-0.15, -0.1) is 0 Å². The summed E-state index contributed by atoms with van der Waals surface area (Å²) in [5.74, 6) is 0.0307. The SMILES string of the molecule is Cc1nccn1CCN1C(=O)C(=O)c2ccccc21. The molecule has 0 saturated carbocycles. The van der Waals surface area contributed by atoms with Crippen molar-refractivity contribution in [3.05, 3.63) is 48.0 Å². The number of imidazole rings is 1. The van der Waals surface area contributed by atoms with Gasteiger partial charge in [0.1, 0.15) is 5.82 Å². The van der Waals surface area contributed by atoms with E-state index in [9.17, 15) is 9.59 Å². The number of benzene rings is 1. The van der Waals surface area contributed by atoms with Crippen molar-refractivity contribution in [2.75, 3.05) is 11.4 Å². The quantitative estimate of drug-likeness (QED) is 0.779. The van der Waals surface area contributed by atoms with Crippen LogP contribution in [0.3, 0.4) is 0 Å². The van der Waals surface area contributed by atoms with Crippen molar-refractivity contribution in [1.82, 2.24) is 9.55 Å². The summed E-state index contributed by atoms with van der Waals surface area (Å²) >= 11 is 0. The maximum atomic E-state index is 12.0. The Morgan fingerprint density at radius 3 is 2.68 bits per heavy atom. The molecule has 0 saturated heterocycles. The Morgan fingerprint density at radius 1 is 1.16 bits per heavy atom. The lowest BCUT2D eigenvalue weighted by atomic mass is 10.1. The van der Waals surface area contributed by atoms with Crippen LogP contribution in [0.15, 0.2) is 36.7 Å². The molecule has 0 bridgehead atoms. The first-order valence-corrected chi connectivity index (χ1v) is 6.11. The maximum Gasteiger partial charge on any atom is 0.299 e. The second kappa shape index (κ2) is 4.35. The molecule has 5 nitrogen and oxygen atoms in total. The van der Waals surface area contributed by atoms with E-state index in [1.165, 1.54) is 4.90 Å². The molecule has 0 fully saturated rings. The van der Waals surface area contributed by atoms with Crippen LogP contribution < -0.4 is 4.90 Å². The third kappa shape index (κ3) is 1.83. The zero-order chi connectivity index (χ0) is 13.4. The molecule has 0 unspecified atom stereocenters. The first-order valence-electron chi connectivity index (χ1n) is 6.11. The first kappa shape index (κ1) is 11.6. The molecule has 0 atom stereocenters. The lowest BCUT2D eigenvalue weighted by Crippen LogP contribution is -2.32. The van der Waals surface area contributed by atoms with Gasteiger partial charge >= 0.3 is 0 Å². The molecule has 0 N–H and O–H groups in total. The van der Waals surface area contributed by atoms with Crippen molar-refractivity contribution in [2.45, 2.75) is 13.5 Å². The predicted molar refractivity (Wildman–Crippen MR) is 70.1 cm³/mol. The topological polar surface area (TPSA) is 55.2 Å². The van der Waals surface area contributed by atoms with Crippen molar-refractivity contribution < 1.29 is 9.59 Å². The Morgan fingerprint density at radius 2 is 1.95 bits per heavy atom. The third-order valence-corrected chi connectivity index (χ3v) is 3.37. The fraction of sp³-hybridized carbons (Fsp3) is 0.214. The molecule has 0 radical (unpaired) electrons. The number of anilines is 1. The van der Waals surface area contributed by atoms with Gasteiger partial charge in [0.15, 0.2) is 0 Å². The van der Waals surface area contributed by atoms with Gasteiger partial charge in [-0.1, -0.05) is 12.1 Å². The number of amides is 1. The number of nitrogens with zero attached hydrogens (tertiary/aromatic N) is 3. The van der Waals surface area contributed by atoms with Gasteiger partial charge in [0.05, 0.1) is 11.3 Å². The summed E-state index contributed by atoms with van der Waals surface area (Å²) in [5.41, 5.74) is 1.20. The van der Waals surface area contributed by atoms with Crippen LogP contribution >= 0.6 is 0 Å². The number of aryl methyl sites for hydroxylation is 1. The van der Waals surface area contributed by atoms with E-state index in [-0.39, 0.29) is 0 Å². The molecule has 0 aliphatic carbocycles. The Labute approximate surface area is 110 Å². The number of rotatable bonds is 3. The monoisotopic (exact) mass is 255 g/mol. The molecule has 1 aromatic carbocycles. The lowest BCUT2D eigenvalue weighted by Gasteiger charge is -2.17. The van der Waals surface area contributed by atoms with Gasteiger partial charge in [-0.3, -0.25) is 9.59 Å². The zero-order valence-electron chi connectivity index (χ0n) is 10.5. The number of ketones is 1. The second-order valence-corrected chi connectivity index (χ2v) is 4.47. The number of carbonyl (C=O) groups excluding carboxylic acids is 2. The van der Waals surface area contributed by atoms with Crippen LogP contribution in [0.5, 0.6) is 0 Å². The normalized spacial score (nSPS) is 14.1. The minimum absolute atomic E-state index is 0.419. The van der Waals surface area contributed by atoms with E-state index < -0.39 is 11.7 Å². The number of hydrogen-bond donors (Lipinski definition) is 0. The summed E-state index contributed by atoms with van der Waals surface area (Å²) in [6, 6.07) is 7.10. The fourth-order valence-electron chi connectivity index (χ4n) is 2.32. The van der Waals surface area contributed by atoms with Gasteiger partial charge in [-0.25, -0.2) is 4.98 Å². The van der Waals surface area contributed by atoms with Crippen LogP contribution in [0.2, 0.25) is 0 Å². The smallest absolute Gasteiger partial charge is 0.299 e. The molecule has 2 aromatic rings. The molecule has 2 heterocycles. The zero-order valence-corrected chi connectivity index (χ0v) is 10.5. The van der Waals surface area contributed by atoms with E-state index in [1.54, 1.807) is 24.4 Å². The van der Waals surface area contributed by atoms with E-state index in [0.29, 0.717) is 24.3 Å². The van der Waals surface area contributed by atoms with E-state index in [1.807, 2.05) is 23.8 Å². The highest BCUT2D eigenvalue weighted by molar-refractivity contribution is 6.52. The number of carbonyl (C=O) groups is 2. The molecule has 1 aliphatic heterocycles. The van der Waals surface area contributed by atoms with E-state index >= 15 is 0 Å². The Bertz CT molecular complexity index is 660. The molecule has 19 heavy (non-hydrogen) atoms. The standard InChI is InChI=1S/C14H13N3O2/c1-10-15-6-7-16(10)8-9-17-12-5-3-2-4-11(12)13(18)14(17)19/h2-7H,8-9H2,1H3. The molecule has 1 amide bonds. The van der Waals surface area contributed by atoms with Crippen molar-refractivity contribution in [3.63, 3.8) is 0 Å². The second-order valence-electron chi connectivity index (χ2n) is 4.47. The number of para-hydroxylation sites is 1. The van der Waals surface area contributed by atoms with E-state index in [4.69, 9.17) is 0 Å². The minimum Gasteiger partial charge on any atom is -0.333 e. The van der Waals surface area contributed by atoms with Gasteiger partial charge in [0.2, 0.25) is 0 Å². The van der Waals surface area contributed by atoms with Crippen LogP contribution in [0, 0.1) is 6.92 Å². The van der Waals surface area contributed by atoms with Crippen LogP contribution in [0.4, 0.5) is 5.69 Å². The van der Waals surface area contributed by atoms with Gasteiger partial charge in [0, 0.05) is 25.5 Å². The maximum absolute atomic E-state index is 12.0. The highest BCUT2D eigenvalue weighted by Crippen LogP contribution is 2.28. The van der Waals surface area contributed by atoms with Crippen LogP contribution in [-0.4, -0.2) is 27.8 Å². The average molecular weight is 255 g/mol. The number of fused-ring (bicyclic) bond motifs is 1. The lowest BCUT2D eigenvalue weighted by molar-refractivity contribution is -0.114. The van der Waals surface area contributed by atoms with Crippen molar-refractivity contribution in [3.8, 4) is 0 Å². The van der Waals surface area contributed by atoms with E-state index in [0.717, 1.165) is 5.82 Å². The summed E-state index contributed by atoms with van der Waals surface area (Å²) in [6.45, 7) is 3.00. The highest BCUT2D eigenvalue weighted by Gasteiger charge is 2.34. The summed E-state index contributed by atoms with van der Waals surface area (Å²) in [4.78, 5) is 29.5. The van der Waals surface area contributed by atoms with Gasteiger partial charge in [0.25, 0.3) is 11.7 Å². The molecule has 5 heteroatoms. The van der Waals surface area contributed by atoms with Crippen molar-refractivity contribution >= 4 is 17.4 Å². The van der Waals surface area contributed by atoms with Crippen LogP contribution in [0.1, 0.15) is 16.2 Å². The Hall–Kier alpha value is -2.43. The molecule has 3 rings (SSSR count). The minimum atomic E-state index is -0.445. The third-order valence-electron chi connectivity index (χ3n) is 3.37. The molecule has 0 spiro atoms. The van der Waals surface area contributed by atoms with Gasteiger partial charge in [-0.05, 0) is 19.1 Å². The molecule has 1 aliphatic rings. The molecular weight excluding hydrogens is 242 g/mol. The van der Waals surface area contributed by atoms with Crippen LogP contribution in [0.25, 0.3) is 0 Å². The Kier molecular flexibility index (Phi) is 2.67. The number of Topliss-reactive ketones (excluding diaryl/α,β-unsaturated/α-hetero) is 1. The molecule has 96 valence electrons. The Balaban J connectivity index is 1.84. The summed E-state index contributed by atoms with van der Waals surface area (Å²) in [5, 5.41) is 0. The summed E-state index contributed by atoms with van der Waals surface area (Å²) in [6.07, 6.45) is 3.59. The molecular formula is C14H13N3O2. The van der Waals surface area contributed by atoms with Crippen molar-refractivity contribution in [1.29, 1.82) is 0 Å². The number of hydrogen-bond acceptors (Lipinski definition) is 3. The highest BCUT2D eigenvalue weighted by atomic mass is 16.2. The predicted octanol–water partition coefficient (Wildman–Crippen LogP) is 1.42. The van der Waals surface area contributed by atoms with Gasteiger partial charge in [-0.2, -0.15) is 0 Å². The summed E-state index contributed by atoms with van der Waals surface area (Å²) < 4.78 is 1.96. The first-order chi connectivity index (χ1) is 9.18. The van der Waals surface area contributed by atoms with Crippen molar-refractivity contribution in [2.24, 2.45) is 0 Å². The van der Waals surface area contributed by atoms with E-state index in [2.05, 4.69) is 4.98 Å². The number of aromatic nitrogens is 2. The average Bonchev–Trinajstić information content (AvgIpc) is 2.93. The fourth-order valence-corrected chi connectivity index (χ4v) is 2.32.